The van der Waals surface area contributed by atoms with E-state index in [1.807, 2.05) is 25.2 Å². The van der Waals surface area contributed by atoms with Gasteiger partial charge in [-0.2, -0.15) is 0 Å². The van der Waals surface area contributed by atoms with Gasteiger partial charge in [-0.3, -0.25) is 14.5 Å². The van der Waals surface area contributed by atoms with Crippen LogP contribution in [0.5, 0.6) is 0 Å². The third-order valence-electron chi connectivity index (χ3n) is 5.56. The molecule has 6 heteroatoms. The molecule has 3 rings (SSSR count). The number of carbonyl (C=O) groups is 2. The number of ketones is 1. The molecule has 29 heavy (non-hydrogen) atoms. The minimum absolute atomic E-state index is 0. The highest BCUT2D eigenvalue weighted by Crippen LogP contribution is 2.27. The van der Waals surface area contributed by atoms with E-state index in [2.05, 4.69) is 4.90 Å². The van der Waals surface area contributed by atoms with Gasteiger partial charge in [-0.05, 0) is 38.1 Å². The predicted octanol–water partition coefficient (Wildman–Crippen LogP) is 5.22. The topological polar surface area (TPSA) is 40.6 Å². The molecule has 0 aliphatic heterocycles. The van der Waals surface area contributed by atoms with Gasteiger partial charge in [0.25, 0.3) is 0 Å². The fraction of sp³-hybridized carbons (Fsp3) is 0.391. The van der Waals surface area contributed by atoms with E-state index in [4.69, 9.17) is 11.6 Å². The molecule has 0 heterocycles. The first-order valence-electron chi connectivity index (χ1n) is 9.83. The van der Waals surface area contributed by atoms with E-state index in [9.17, 15) is 9.59 Å². The van der Waals surface area contributed by atoms with E-state index in [0.717, 1.165) is 12.8 Å². The van der Waals surface area contributed by atoms with Crippen molar-refractivity contribution in [2.24, 2.45) is 0 Å². The van der Waals surface area contributed by atoms with E-state index in [-0.39, 0.29) is 24.1 Å². The Labute approximate surface area is 184 Å². The van der Waals surface area contributed by atoms with Gasteiger partial charge < -0.3 is 4.90 Å². The Balaban J connectivity index is 0.00000300. The van der Waals surface area contributed by atoms with Crippen LogP contribution in [-0.2, 0) is 4.79 Å². The van der Waals surface area contributed by atoms with Gasteiger partial charge in [-0.15, -0.1) is 12.4 Å². The van der Waals surface area contributed by atoms with Gasteiger partial charge in [0, 0.05) is 29.2 Å². The van der Waals surface area contributed by atoms with Crippen LogP contribution in [0, 0.1) is 0 Å². The van der Waals surface area contributed by atoms with Crippen molar-refractivity contribution in [2.75, 3.05) is 25.5 Å². The Hall–Kier alpha value is -1.88. The fourth-order valence-electron chi connectivity index (χ4n) is 3.83. The molecular formula is C23H28Cl2N2O2. The predicted molar refractivity (Wildman–Crippen MR) is 121 cm³/mol. The van der Waals surface area contributed by atoms with Gasteiger partial charge in [-0.25, -0.2) is 0 Å². The van der Waals surface area contributed by atoms with Crippen LogP contribution in [0.3, 0.4) is 0 Å². The molecule has 2 aromatic rings. The van der Waals surface area contributed by atoms with Crippen LogP contribution in [0.1, 0.15) is 48.0 Å². The zero-order valence-electron chi connectivity index (χ0n) is 16.9. The normalized spacial score (nSPS) is 14.3. The van der Waals surface area contributed by atoms with Crippen LogP contribution in [0.4, 0.5) is 5.69 Å². The molecule has 0 spiro atoms. The second kappa shape index (κ2) is 10.8. The first kappa shape index (κ1) is 23.4. The lowest BCUT2D eigenvalue weighted by atomic mass is 9.94. The number of hydrogen-bond acceptors (Lipinski definition) is 3. The lowest BCUT2D eigenvalue weighted by molar-refractivity contribution is -0.119. The summed E-state index contributed by atoms with van der Waals surface area (Å²) in [5.74, 6) is -0.170. The minimum Gasteiger partial charge on any atom is -0.314 e. The van der Waals surface area contributed by atoms with E-state index < -0.39 is 0 Å². The van der Waals surface area contributed by atoms with E-state index in [1.165, 1.54) is 19.3 Å². The summed E-state index contributed by atoms with van der Waals surface area (Å²) in [7, 11) is 3.74. The minimum atomic E-state index is -0.140. The molecule has 1 aliphatic carbocycles. The van der Waals surface area contributed by atoms with Crippen molar-refractivity contribution < 1.29 is 9.59 Å². The zero-order chi connectivity index (χ0) is 20.1. The number of hydrogen-bond donors (Lipinski definition) is 0. The molecule has 0 radical (unpaired) electrons. The Morgan fingerprint density at radius 1 is 1.00 bits per heavy atom. The van der Waals surface area contributed by atoms with Gasteiger partial charge in [0.15, 0.2) is 5.78 Å². The van der Waals surface area contributed by atoms with Crippen LogP contribution in [0.15, 0.2) is 48.5 Å². The first-order chi connectivity index (χ1) is 13.5. The summed E-state index contributed by atoms with van der Waals surface area (Å²) in [4.78, 5) is 29.7. The number of rotatable bonds is 6. The number of anilines is 1. The van der Waals surface area contributed by atoms with Gasteiger partial charge in [-0.1, -0.05) is 61.2 Å². The van der Waals surface area contributed by atoms with Crippen molar-refractivity contribution in [2.45, 2.75) is 38.1 Å². The highest BCUT2D eigenvalue weighted by Gasteiger charge is 2.24. The summed E-state index contributed by atoms with van der Waals surface area (Å²) < 4.78 is 0. The van der Waals surface area contributed by atoms with Crippen LogP contribution in [0.25, 0.3) is 0 Å². The molecule has 0 bridgehead atoms. The van der Waals surface area contributed by atoms with Gasteiger partial charge in [0.1, 0.15) is 0 Å². The Bertz CT molecular complexity index is 836. The monoisotopic (exact) mass is 434 g/mol. The summed E-state index contributed by atoms with van der Waals surface area (Å²) in [6, 6.07) is 14.6. The summed E-state index contributed by atoms with van der Waals surface area (Å²) in [6.07, 6.45) is 6.03. The molecule has 4 nitrogen and oxygen atoms in total. The Morgan fingerprint density at radius 3 is 2.31 bits per heavy atom. The van der Waals surface area contributed by atoms with E-state index in [1.54, 1.807) is 42.3 Å². The second-order valence-corrected chi connectivity index (χ2v) is 7.95. The number of carbonyl (C=O) groups excluding carboxylic acids is 2. The lowest BCUT2D eigenvalue weighted by Gasteiger charge is -2.32. The van der Waals surface area contributed by atoms with Crippen molar-refractivity contribution in [1.29, 1.82) is 0 Å². The molecule has 0 N–H and O–H groups in total. The van der Waals surface area contributed by atoms with Crippen LogP contribution in [0.2, 0.25) is 5.02 Å². The zero-order valence-corrected chi connectivity index (χ0v) is 18.5. The summed E-state index contributed by atoms with van der Waals surface area (Å²) in [6.45, 7) is 0.336. The van der Waals surface area contributed by atoms with Crippen molar-refractivity contribution in [1.82, 2.24) is 4.90 Å². The Kier molecular flexibility index (Phi) is 8.69. The molecule has 1 fully saturated rings. The third-order valence-corrected chi connectivity index (χ3v) is 5.79. The van der Waals surface area contributed by atoms with Crippen molar-refractivity contribution >= 4 is 41.4 Å². The molecule has 1 saturated carbocycles. The van der Waals surface area contributed by atoms with Crippen LogP contribution < -0.4 is 4.90 Å². The molecule has 0 atom stereocenters. The summed E-state index contributed by atoms with van der Waals surface area (Å²) in [5.41, 5.74) is 1.60. The number of halogens is 2. The number of likely N-dealkylation sites (N-methyl/N-ethyl adjacent to an activating group) is 2. The van der Waals surface area contributed by atoms with Gasteiger partial charge in [0.2, 0.25) is 5.91 Å². The smallest absolute Gasteiger partial charge is 0.240 e. The maximum absolute atomic E-state index is 13.0. The average molecular weight is 435 g/mol. The summed E-state index contributed by atoms with van der Waals surface area (Å²) >= 11 is 6.15. The molecule has 1 aliphatic rings. The average Bonchev–Trinajstić information content (AvgIpc) is 2.73. The molecule has 0 unspecified atom stereocenters. The van der Waals surface area contributed by atoms with Gasteiger partial charge >= 0.3 is 0 Å². The highest BCUT2D eigenvalue weighted by molar-refractivity contribution is 6.31. The SMILES string of the molecule is CN(C(=O)CN(C)C1CCCCC1)c1ccc(Cl)cc1C(=O)c1ccccc1.Cl. The number of amides is 1. The third kappa shape index (κ3) is 5.81. The maximum atomic E-state index is 13.0. The van der Waals surface area contributed by atoms with Crippen molar-refractivity contribution in [3.63, 3.8) is 0 Å². The largest absolute Gasteiger partial charge is 0.314 e. The molecule has 2 aromatic carbocycles. The second-order valence-electron chi connectivity index (χ2n) is 7.52. The highest BCUT2D eigenvalue weighted by atomic mass is 35.5. The lowest BCUT2D eigenvalue weighted by Crippen LogP contribution is -2.42. The molecule has 0 saturated heterocycles. The van der Waals surface area contributed by atoms with Crippen LogP contribution in [-0.4, -0.2) is 43.3 Å². The standard InChI is InChI=1S/C23H27ClN2O2.ClH/c1-25(19-11-7-4-8-12-19)16-22(27)26(2)21-14-13-18(24)15-20(21)23(28)17-9-5-3-6-10-17;/h3,5-6,9-10,13-15,19H,4,7-8,11-12,16H2,1-2H3;1H. The fourth-order valence-corrected chi connectivity index (χ4v) is 4.00. The summed E-state index contributed by atoms with van der Waals surface area (Å²) in [5, 5.41) is 0.475. The number of benzene rings is 2. The quantitative estimate of drug-likeness (QED) is 0.585. The molecule has 156 valence electrons. The van der Waals surface area contributed by atoms with Crippen molar-refractivity contribution in [3.8, 4) is 0 Å². The van der Waals surface area contributed by atoms with Gasteiger partial charge in [0.05, 0.1) is 12.2 Å². The molecule has 0 aromatic heterocycles. The Morgan fingerprint density at radius 2 is 1.66 bits per heavy atom. The van der Waals surface area contributed by atoms with Crippen LogP contribution >= 0.6 is 24.0 Å². The van der Waals surface area contributed by atoms with E-state index >= 15 is 0 Å². The maximum Gasteiger partial charge on any atom is 0.240 e. The number of nitrogens with zero attached hydrogens (tertiary/aromatic N) is 2. The molecule has 1 amide bonds. The van der Waals surface area contributed by atoms with Crippen molar-refractivity contribution in [3.05, 3.63) is 64.7 Å². The first-order valence-corrected chi connectivity index (χ1v) is 10.2. The molecular weight excluding hydrogens is 407 g/mol. The van der Waals surface area contributed by atoms with E-state index in [0.29, 0.717) is 34.4 Å².